The van der Waals surface area contributed by atoms with E-state index in [0.717, 1.165) is 51.6 Å². The molecule has 0 spiro atoms. The molecule has 0 saturated heterocycles. The number of hydrogen-bond donors (Lipinski definition) is 1. The van der Waals surface area contributed by atoms with E-state index in [4.69, 9.17) is 4.98 Å². The van der Waals surface area contributed by atoms with E-state index in [1.807, 2.05) is 24.7 Å². The lowest BCUT2D eigenvalue weighted by atomic mass is 10.1. The lowest BCUT2D eigenvalue weighted by Crippen LogP contribution is -2.21. The maximum absolute atomic E-state index is 4.93. The Morgan fingerprint density at radius 2 is 2.00 bits per heavy atom. The summed E-state index contributed by atoms with van der Waals surface area (Å²) in [5.74, 6) is 0. The van der Waals surface area contributed by atoms with Crippen molar-refractivity contribution in [3.8, 4) is 22.4 Å². The molecule has 0 aliphatic rings. The molecule has 0 radical (unpaired) electrons. The second kappa shape index (κ2) is 6.88. The van der Waals surface area contributed by atoms with Crippen molar-refractivity contribution >= 4 is 27.5 Å². The van der Waals surface area contributed by atoms with Crippen LogP contribution in [0.2, 0.25) is 0 Å². The summed E-state index contributed by atoms with van der Waals surface area (Å²) in [5, 5.41) is 2.17. The first-order valence-corrected chi connectivity index (χ1v) is 9.63. The summed E-state index contributed by atoms with van der Waals surface area (Å²) in [6.45, 7) is 8.38. The topological polar surface area (TPSA) is 57.7 Å². The van der Waals surface area contributed by atoms with Crippen molar-refractivity contribution < 1.29 is 0 Å². The maximum atomic E-state index is 4.93. The van der Waals surface area contributed by atoms with Crippen LogP contribution in [0.3, 0.4) is 0 Å². The molecule has 0 aliphatic heterocycles. The quantitative estimate of drug-likeness (QED) is 0.548. The first-order chi connectivity index (χ1) is 12.7. The fourth-order valence-electron chi connectivity index (χ4n) is 3.15. The van der Waals surface area contributed by atoms with Crippen molar-refractivity contribution in [3.05, 3.63) is 47.9 Å². The number of hydrogen-bond acceptors (Lipinski definition) is 5. The van der Waals surface area contributed by atoms with Gasteiger partial charge in [0.25, 0.3) is 0 Å². The predicted molar refractivity (Wildman–Crippen MR) is 109 cm³/mol. The van der Waals surface area contributed by atoms with Crippen LogP contribution in [-0.4, -0.2) is 33.0 Å². The van der Waals surface area contributed by atoms with Gasteiger partial charge in [-0.3, -0.25) is 4.98 Å². The summed E-state index contributed by atoms with van der Waals surface area (Å²) in [4.78, 5) is 20.5. The Morgan fingerprint density at radius 3 is 2.73 bits per heavy atom. The summed E-state index contributed by atoms with van der Waals surface area (Å²) in [7, 11) is 0. The number of H-pyrrole nitrogens is 1. The van der Waals surface area contributed by atoms with Crippen molar-refractivity contribution in [2.45, 2.75) is 20.8 Å². The molecule has 0 amide bonds. The van der Waals surface area contributed by atoms with Crippen LogP contribution < -0.4 is 4.90 Å². The van der Waals surface area contributed by atoms with Crippen LogP contribution in [0.1, 0.15) is 18.7 Å². The number of rotatable bonds is 5. The van der Waals surface area contributed by atoms with E-state index in [0.29, 0.717) is 0 Å². The number of nitrogens with one attached hydrogen (secondary N) is 1. The molecular weight excluding hydrogens is 342 g/mol. The largest absolute Gasteiger partial charge is 0.349 e. The van der Waals surface area contributed by atoms with Crippen molar-refractivity contribution in [2.75, 3.05) is 18.0 Å². The van der Waals surface area contributed by atoms with Crippen LogP contribution in [0.15, 0.2) is 43.0 Å². The summed E-state index contributed by atoms with van der Waals surface area (Å²) in [6.07, 6.45) is 7.54. The average Bonchev–Trinajstić information content (AvgIpc) is 3.26. The lowest BCUT2D eigenvalue weighted by Gasteiger charge is -2.16. The van der Waals surface area contributed by atoms with E-state index in [-0.39, 0.29) is 0 Å². The van der Waals surface area contributed by atoms with Gasteiger partial charge in [-0.15, -0.1) is 11.3 Å². The van der Waals surface area contributed by atoms with Crippen molar-refractivity contribution in [1.29, 1.82) is 0 Å². The SMILES string of the molecule is CCN(CC)c1nc(-c2c[nH]c3ncc(-c4cccnc4)cc23)c(C)s1. The van der Waals surface area contributed by atoms with E-state index in [1.165, 1.54) is 4.88 Å². The lowest BCUT2D eigenvalue weighted by molar-refractivity contribution is 0.860. The first kappa shape index (κ1) is 16.7. The number of thiazole rings is 1. The summed E-state index contributed by atoms with van der Waals surface area (Å²) in [5.41, 5.74) is 5.14. The Bertz CT molecular complexity index is 1030. The van der Waals surface area contributed by atoms with Crippen LogP contribution in [0.5, 0.6) is 0 Å². The smallest absolute Gasteiger partial charge is 0.186 e. The molecule has 0 unspecified atom stereocenters. The molecule has 4 heterocycles. The molecule has 4 aromatic heterocycles. The number of pyridine rings is 2. The number of aromatic amines is 1. The third-order valence-corrected chi connectivity index (χ3v) is 5.63. The van der Waals surface area contributed by atoms with Crippen LogP contribution in [0.25, 0.3) is 33.4 Å². The zero-order chi connectivity index (χ0) is 18.1. The number of nitrogens with zero attached hydrogens (tertiary/aromatic N) is 4. The van der Waals surface area contributed by atoms with Crippen molar-refractivity contribution in [2.24, 2.45) is 0 Å². The molecule has 4 aromatic rings. The molecule has 0 saturated carbocycles. The number of fused-ring (bicyclic) bond motifs is 1. The van der Waals surface area contributed by atoms with Gasteiger partial charge in [-0.25, -0.2) is 9.97 Å². The van der Waals surface area contributed by atoms with Crippen LogP contribution in [0, 0.1) is 6.92 Å². The van der Waals surface area contributed by atoms with Gasteiger partial charge in [0.1, 0.15) is 5.65 Å². The Labute approximate surface area is 156 Å². The van der Waals surface area contributed by atoms with Crippen LogP contribution in [0.4, 0.5) is 5.13 Å². The zero-order valence-corrected chi connectivity index (χ0v) is 16.0. The third kappa shape index (κ3) is 2.86. The van der Waals surface area contributed by atoms with E-state index in [9.17, 15) is 0 Å². The van der Waals surface area contributed by atoms with E-state index in [2.05, 4.69) is 52.8 Å². The van der Waals surface area contributed by atoms with Gasteiger partial charge >= 0.3 is 0 Å². The Balaban J connectivity index is 1.82. The number of anilines is 1. The fraction of sp³-hybridized carbons (Fsp3) is 0.250. The highest BCUT2D eigenvalue weighted by atomic mass is 32.1. The minimum atomic E-state index is 0.879. The third-order valence-electron chi connectivity index (χ3n) is 4.60. The van der Waals surface area contributed by atoms with Gasteiger partial charge in [0, 0.05) is 64.8 Å². The standard InChI is InChI=1S/C20H21N5S/c1-4-25(5-2)20-24-18(13(3)26-20)17-12-23-19-16(17)9-15(11-22-19)14-7-6-8-21-10-14/h6-12H,4-5H2,1-3H3,(H,22,23). The molecule has 26 heavy (non-hydrogen) atoms. The number of aryl methyl sites for hydroxylation is 1. The summed E-state index contributed by atoms with van der Waals surface area (Å²) in [6, 6.07) is 6.16. The fourth-order valence-corrected chi connectivity index (χ4v) is 4.20. The molecule has 5 nitrogen and oxygen atoms in total. The molecule has 132 valence electrons. The summed E-state index contributed by atoms with van der Waals surface area (Å²) < 4.78 is 0. The first-order valence-electron chi connectivity index (χ1n) is 8.81. The second-order valence-electron chi connectivity index (χ2n) is 6.14. The van der Waals surface area contributed by atoms with Crippen molar-refractivity contribution in [3.63, 3.8) is 0 Å². The van der Waals surface area contributed by atoms with E-state index >= 15 is 0 Å². The van der Waals surface area contributed by atoms with Crippen LogP contribution >= 0.6 is 11.3 Å². The highest BCUT2D eigenvalue weighted by Gasteiger charge is 2.17. The predicted octanol–water partition coefficient (Wildman–Crippen LogP) is 4.90. The molecule has 0 fully saturated rings. The average molecular weight is 363 g/mol. The van der Waals surface area contributed by atoms with Gasteiger partial charge in [0.2, 0.25) is 0 Å². The van der Waals surface area contributed by atoms with Gasteiger partial charge < -0.3 is 9.88 Å². The molecule has 0 bridgehead atoms. The monoisotopic (exact) mass is 363 g/mol. The normalized spacial score (nSPS) is 11.2. The van der Waals surface area contributed by atoms with Gasteiger partial charge in [0.15, 0.2) is 5.13 Å². The Kier molecular flexibility index (Phi) is 4.42. The molecule has 0 aromatic carbocycles. The highest BCUT2D eigenvalue weighted by Crippen LogP contribution is 2.36. The Morgan fingerprint density at radius 1 is 1.15 bits per heavy atom. The van der Waals surface area contributed by atoms with E-state index in [1.54, 1.807) is 17.5 Å². The van der Waals surface area contributed by atoms with Gasteiger partial charge in [-0.1, -0.05) is 6.07 Å². The number of aromatic nitrogens is 4. The second-order valence-corrected chi connectivity index (χ2v) is 7.32. The van der Waals surface area contributed by atoms with Gasteiger partial charge in [-0.05, 0) is 32.9 Å². The maximum Gasteiger partial charge on any atom is 0.186 e. The highest BCUT2D eigenvalue weighted by molar-refractivity contribution is 7.16. The van der Waals surface area contributed by atoms with E-state index < -0.39 is 0 Å². The Hall–Kier alpha value is -2.73. The van der Waals surface area contributed by atoms with Crippen molar-refractivity contribution in [1.82, 2.24) is 19.9 Å². The molecule has 0 aliphatic carbocycles. The van der Waals surface area contributed by atoms with Gasteiger partial charge in [-0.2, -0.15) is 0 Å². The molecule has 1 N–H and O–H groups in total. The minimum absolute atomic E-state index is 0.879. The molecule has 6 heteroatoms. The summed E-state index contributed by atoms with van der Waals surface area (Å²) >= 11 is 1.75. The molecule has 0 atom stereocenters. The van der Waals surface area contributed by atoms with Gasteiger partial charge in [0.05, 0.1) is 5.69 Å². The minimum Gasteiger partial charge on any atom is -0.349 e. The zero-order valence-electron chi connectivity index (χ0n) is 15.2. The molecular formula is C20H21N5S. The van der Waals surface area contributed by atoms with Crippen LogP contribution in [-0.2, 0) is 0 Å². The molecule has 4 rings (SSSR count).